The maximum Gasteiger partial charge on any atom is 0.255 e. The summed E-state index contributed by atoms with van der Waals surface area (Å²) in [4.78, 5) is 12.8. The van der Waals surface area contributed by atoms with Crippen LogP contribution >= 0.6 is 11.6 Å². The number of carbonyl (C=O) groups excluding carboxylic acids is 1. The smallest absolute Gasteiger partial charge is 0.255 e. The van der Waals surface area contributed by atoms with E-state index in [9.17, 15) is 4.79 Å². The Labute approximate surface area is 181 Å². The highest BCUT2D eigenvalue weighted by molar-refractivity contribution is 6.31. The summed E-state index contributed by atoms with van der Waals surface area (Å²) < 4.78 is 1.87. The first-order valence-electron chi connectivity index (χ1n) is 9.77. The van der Waals surface area contributed by atoms with Crippen LogP contribution in [0.1, 0.15) is 27.3 Å². The van der Waals surface area contributed by atoms with Gasteiger partial charge < -0.3 is 5.32 Å². The Morgan fingerprint density at radius 3 is 2.23 bits per heavy atom. The fraction of sp³-hybridized carbons (Fsp3) is 0.120. The minimum atomic E-state index is -0.155. The zero-order valence-electron chi connectivity index (χ0n) is 16.9. The number of anilines is 1. The van der Waals surface area contributed by atoms with E-state index < -0.39 is 0 Å². The third-order valence-corrected chi connectivity index (χ3v) is 5.52. The van der Waals surface area contributed by atoms with Crippen LogP contribution in [0.4, 0.5) is 5.69 Å². The lowest BCUT2D eigenvalue weighted by Crippen LogP contribution is -2.13. The van der Waals surface area contributed by atoms with E-state index in [1.807, 2.05) is 85.3 Å². The number of hydrogen-bond acceptors (Lipinski definition) is 2. The standard InChI is InChI=1S/C25H22ClN3O/c1-17-24(18(2)29(28-17)16-22-10-6-7-11-23(22)26)27-25(30)21-14-12-20(13-15-21)19-8-4-3-5-9-19/h3-15H,16H2,1-2H3,(H,27,30). The van der Waals surface area contributed by atoms with E-state index in [4.69, 9.17) is 11.6 Å². The second kappa shape index (κ2) is 8.56. The average Bonchev–Trinajstić information content (AvgIpc) is 3.03. The quantitative estimate of drug-likeness (QED) is 0.426. The first-order valence-corrected chi connectivity index (χ1v) is 10.1. The van der Waals surface area contributed by atoms with E-state index in [2.05, 4.69) is 22.5 Å². The third-order valence-electron chi connectivity index (χ3n) is 5.15. The van der Waals surface area contributed by atoms with Crippen LogP contribution in [0.15, 0.2) is 78.9 Å². The largest absolute Gasteiger partial charge is 0.319 e. The van der Waals surface area contributed by atoms with Crippen molar-refractivity contribution in [3.8, 4) is 11.1 Å². The van der Waals surface area contributed by atoms with E-state index in [0.717, 1.165) is 33.8 Å². The summed E-state index contributed by atoms with van der Waals surface area (Å²) in [6.45, 7) is 4.39. The van der Waals surface area contributed by atoms with E-state index in [0.29, 0.717) is 17.1 Å². The minimum absolute atomic E-state index is 0.155. The molecule has 4 aromatic rings. The SMILES string of the molecule is Cc1nn(Cc2ccccc2Cl)c(C)c1NC(=O)c1ccc(-c2ccccc2)cc1. The van der Waals surface area contributed by atoms with Gasteiger partial charge >= 0.3 is 0 Å². The van der Waals surface area contributed by atoms with Crippen LogP contribution in [0, 0.1) is 13.8 Å². The Morgan fingerprint density at radius 1 is 0.900 bits per heavy atom. The monoisotopic (exact) mass is 415 g/mol. The molecule has 1 heterocycles. The molecule has 5 heteroatoms. The molecule has 0 fully saturated rings. The van der Waals surface area contributed by atoms with Crippen molar-refractivity contribution in [2.45, 2.75) is 20.4 Å². The van der Waals surface area contributed by atoms with Gasteiger partial charge in [-0.15, -0.1) is 0 Å². The Bertz CT molecular complexity index is 1180. The molecule has 150 valence electrons. The molecule has 1 N–H and O–H groups in total. The van der Waals surface area contributed by atoms with E-state index in [1.54, 1.807) is 0 Å². The summed E-state index contributed by atoms with van der Waals surface area (Å²) in [5, 5.41) is 8.31. The van der Waals surface area contributed by atoms with Crippen molar-refractivity contribution in [3.63, 3.8) is 0 Å². The number of nitrogens with zero attached hydrogens (tertiary/aromatic N) is 2. The molecule has 3 aromatic carbocycles. The first kappa shape index (κ1) is 19.9. The summed E-state index contributed by atoms with van der Waals surface area (Å²) in [5.41, 5.74) is 6.19. The highest BCUT2D eigenvalue weighted by Crippen LogP contribution is 2.24. The first-order chi connectivity index (χ1) is 14.5. The molecule has 0 saturated heterocycles. The van der Waals surface area contributed by atoms with Crippen LogP contribution in [0.25, 0.3) is 11.1 Å². The molecule has 0 spiro atoms. The van der Waals surface area contributed by atoms with Gasteiger partial charge in [0.05, 0.1) is 23.6 Å². The fourth-order valence-electron chi connectivity index (χ4n) is 3.45. The topological polar surface area (TPSA) is 46.9 Å². The maximum atomic E-state index is 12.8. The zero-order chi connectivity index (χ0) is 21.1. The molecule has 4 rings (SSSR count). The van der Waals surface area contributed by atoms with Crippen molar-refractivity contribution in [3.05, 3.63) is 106 Å². The van der Waals surface area contributed by atoms with Gasteiger partial charge in [-0.05, 0) is 48.7 Å². The van der Waals surface area contributed by atoms with E-state index in [1.165, 1.54) is 0 Å². The van der Waals surface area contributed by atoms with Gasteiger partial charge in [-0.25, -0.2) is 0 Å². The third kappa shape index (κ3) is 4.14. The molecular weight excluding hydrogens is 394 g/mol. The van der Waals surface area contributed by atoms with Crippen LogP contribution in [0.3, 0.4) is 0 Å². The van der Waals surface area contributed by atoms with Crippen LogP contribution in [-0.4, -0.2) is 15.7 Å². The molecule has 0 radical (unpaired) electrons. The van der Waals surface area contributed by atoms with Crippen LogP contribution < -0.4 is 5.32 Å². The molecule has 0 aliphatic carbocycles. The molecule has 0 bridgehead atoms. The van der Waals surface area contributed by atoms with Crippen LogP contribution in [0.2, 0.25) is 5.02 Å². The summed E-state index contributed by atoms with van der Waals surface area (Å²) in [7, 11) is 0. The molecule has 0 saturated carbocycles. The van der Waals surface area contributed by atoms with Crippen molar-refractivity contribution in [2.24, 2.45) is 0 Å². The van der Waals surface area contributed by atoms with Gasteiger partial charge in [0.1, 0.15) is 0 Å². The van der Waals surface area contributed by atoms with Crippen molar-refractivity contribution in [1.29, 1.82) is 0 Å². The second-order valence-electron chi connectivity index (χ2n) is 7.19. The summed E-state index contributed by atoms with van der Waals surface area (Å²) >= 11 is 6.28. The lowest BCUT2D eigenvalue weighted by molar-refractivity contribution is 0.102. The number of aromatic nitrogens is 2. The number of halogens is 1. The van der Waals surface area contributed by atoms with Crippen molar-refractivity contribution < 1.29 is 4.79 Å². The van der Waals surface area contributed by atoms with Crippen LogP contribution in [0.5, 0.6) is 0 Å². The van der Waals surface area contributed by atoms with Gasteiger partial charge in [0.2, 0.25) is 0 Å². The van der Waals surface area contributed by atoms with Gasteiger partial charge in [-0.1, -0.05) is 72.3 Å². The van der Waals surface area contributed by atoms with Crippen LogP contribution in [-0.2, 0) is 6.54 Å². The normalized spacial score (nSPS) is 10.8. The average molecular weight is 416 g/mol. The number of nitrogens with one attached hydrogen (secondary N) is 1. The number of amides is 1. The number of carbonyl (C=O) groups is 1. The molecule has 0 atom stereocenters. The van der Waals surface area contributed by atoms with Gasteiger partial charge in [-0.2, -0.15) is 5.10 Å². The lowest BCUT2D eigenvalue weighted by Gasteiger charge is -2.09. The van der Waals surface area contributed by atoms with Crippen molar-refractivity contribution >= 4 is 23.2 Å². The zero-order valence-corrected chi connectivity index (χ0v) is 17.6. The highest BCUT2D eigenvalue weighted by atomic mass is 35.5. The number of rotatable bonds is 5. The number of aryl methyl sites for hydroxylation is 1. The predicted octanol–water partition coefficient (Wildman–Crippen LogP) is 6.12. The lowest BCUT2D eigenvalue weighted by atomic mass is 10.0. The molecule has 0 aliphatic heterocycles. The minimum Gasteiger partial charge on any atom is -0.319 e. The molecular formula is C25H22ClN3O. The summed E-state index contributed by atoms with van der Waals surface area (Å²) in [6, 6.07) is 25.4. The highest BCUT2D eigenvalue weighted by Gasteiger charge is 2.16. The Balaban J connectivity index is 1.52. The maximum absolute atomic E-state index is 12.8. The molecule has 4 nitrogen and oxygen atoms in total. The van der Waals surface area contributed by atoms with Gasteiger partial charge in [-0.3, -0.25) is 9.48 Å². The summed E-state index contributed by atoms with van der Waals surface area (Å²) in [5.74, 6) is -0.155. The van der Waals surface area contributed by atoms with Gasteiger partial charge in [0.25, 0.3) is 5.91 Å². The molecule has 0 aliphatic rings. The molecule has 30 heavy (non-hydrogen) atoms. The molecule has 1 amide bonds. The van der Waals surface area contributed by atoms with Gasteiger partial charge in [0.15, 0.2) is 0 Å². The molecule has 1 aromatic heterocycles. The van der Waals surface area contributed by atoms with Crippen molar-refractivity contribution in [1.82, 2.24) is 9.78 Å². The predicted molar refractivity (Wildman–Crippen MR) is 122 cm³/mol. The van der Waals surface area contributed by atoms with E-state index in [-0.39, 0.29) is 5.91 Å². The van der Waals surface area contributed by atoms with E-state index >= 15 is 0 Å². The Morgan fingerprint density at radius 2 is 1.53 bits per heavy atom. The second-order valence-corrected chi connectivity index (χ2v) is 7.60. The Hall–Kier alpha value is -3.37. The fourth-order valence-corrected chi connectivity index (χ4v) is 3.65. The number of hydrogen-bond donors (Lipinski definition) is 1. The Kier molecular flexibility index (Phi) is 5.68. The van der Waals surface area contributed by atoms with Crippen molar-refractivity contribution in [2.75, 3.05) is 5.32 Å². The number of benzene rings is 3. The summed E-state index contributed by atoms with van der Waals surface area (Å²) in [6.07, 6.45) is 0. The van der Waals surface area contributed by atoms with Gasteiger partial charge in [0, 0.05) is 10.6 Å². The molecule has 0 unspecified atom stereocenters.